The number of esters is 1. The van der Waals surface area contributed by atoms with Gasteiger partial charge in [0, 0.05) is 6.07 Å². The lowest BCUT2D eigenvalue weighted by atomic mass is 10.2. The van der Waals surface area contributed by atoms with Gasteiger partial charge in [0.15, 0.2) is 0 Å². The SMILES string of the molecule is COC(=O)c1cc(OC)nc(OC)c1N.Cc1ccc(S(=O)(=O)O)cc1.O. The summed E-state index contributed by atoms with van der Waals surface area (Å²) in [6.45, 7) is 1.84. The Morgan fingerprint density at radius 1 is 1.11 bits per heavy atom. The molecule has 1 heterocycles. The lowest BCUT2D eigenvalue weighted by molar-refractivity contribution is 0.0601. The highest BCUT2D eigenvalue weighted by Crippen LogP contribution is 2.27. The monoisotopic (exact) mass is 402 g/mol. The van der Waals surface area contributed by atoms with Gasteiger partial charge in [-0.15, -0.1) is 0 Å². The molecule has 0 atom stereocenters. The van der Waals surface area contributed by atoms with E-state index in [0.29, 0.717) is 0 Å². The molecule has 0 radical (unpaired) electrons. The average molecular weight is 402 g/mol. The number of hydrogen-bond donors (Lipinski definition) is 2. The van der Waals surface area contributed by atoms with Crippen LogP contribution in [0.2, 0.25) is 0 Å². The zero-order valence-electron chi connectivity index (χ0n) is 15.2. The van der Waals surface area contributed by atoms with Crippen molar-refractivity contribution in [3.8, 4) is 11.8 Å². The van der Waals surface area contributed by atoms with Gasteiger partial charge in [0.25, 0.3) is 10.1 Å². The molecule has 0 fully saturated rings. The summed E-state index contributed by atoms with van der Waals surface area (Å²) in [5, 5.41) is 0. The van der Waals surface area contributed by atoms with Gasteiger partial charge >= 0.3 is 5.97 Å². The van der Waals surface area contributed by atoms with Gasteiger partial charge in [0.2, 0.25) is 11.8 Å². The van der Waals surface area contributed by atoms with Crippen LogP contribution in [-0.2, 0) is 14.9 Å². The van der Waals surface area contributed by atoms with Gasteiger partial charge in [0.05, 0.1) is 31.8 Å². The van der Waals surface area contributed by atoms with E-state index in [2.05, 4.69) is 9.72 Å². The quantitative estimate of drug-likeness (QED) is 0.556. The third-order valence-corrected chi connectivity index (χ3v) is 3.99. The second kappa shape index (κ2) is 10.3. The Bertz CT molecular complexity index is 867. The molecule has 0 aliphatic carbocycles. The molecule has 11 heteroatoms. The van der Waals surface area contributed by atoms with Gasteiger partial charge in [-0.25, -0.2) is 4.79 Å². The molecular formula is C16H22N2O8S. The van der Waals surface area contributed by atoms with Crippen molar-refractivity contribution in [1.29, 1.82) is 0 Å². The van der Waals surface area contributed by atoms with Gasteiger partial charge in [0.1, 0.15) is 5.69 Å². The summed E-state index contributed by atoms with van der Waals surface area (Å²) in [7, 11) is 0.0770. The number of pyridine rings is 1. The number of nitrogens with two attached hydrogens (primary N) is 1. The normalized spacial score (nSPS) is 9.96. The number of hydrogen-bond acceptors (Lipinski definition) is 8. The van der Waals surface area contributed by atoms with E-state index < -0.39 is 16.1 Å². The molecule has 0 spiro atoms. The smallest absolute Gasteiger partial charge is 0.340 e. The summed E-state index contributed by atoms with van der Waals surface area (Å²) in [6.07, 6.45) is 0. The molecule has 0 bridgehead atoms. The Morgan fingerprint density at radius 2 is 1.67 bits per heavy atom. The van der Waals surface area contributed by atoms with Crippen LogP contribution >= 0.6 is 0 Å². The topological polar surface area (TPSA) is 170 Å². The Labute approximate surface area is 156 Å². The van der Waals surface area contributed by atoms with Crippen LogP contribution in [-0.4, -0.2) is 50.7 Å². The Kier molecular flexibility index (Phi) is 9.20. The number of nitrogen functional groups attached to an aromatic ring is 1. The first-order chi connectivity index (χ1) is 12.1. The molecule has 0 amide bonds. The Morgan fingerprint density at radius 3 is 2.07 bits per heavy atom. The van der Waals surface area contributed by atoms with Crippen molar-refractivity contribution in [2.45, 2.75) is 11.8 Å². The standard InChI is InChI=1S/C9H12N2O4.C7H8O3S.H2O/c1-13-6-4-5(9(12)15-3)7(10)8(11-6)14-2;1-6-2-4-7(5-3-6)11(8,9)10;/h4H,10H2,1-3H3;2-5H,1H3,(H,8,9,10);1H2. The zero-order valence-corrected chi connectivity index (χ0v) is 16.0. The molecule has 0 aliphatic heterocycles. The average Bonchev–Trinajstić information content (AvgIpc) is 2.61. The fourth-order valence-corrected chi connectivity index (χ4v) is 2.24. The molecule has 0 saturated heterocycles. The Balaban J connectivity index is 0.000000504. The van der Waals surface area contributed by atoms with Crippen molar-refractivity contribution in [3.05, 3.63) is 41.5 Å². The number of methoxy groups -OCH3 is 3. The third-order valence-electron chi connectivity index (χ3n) is 3.13. The molecule has 2 aromatic rings. The second-order valence-corrected chi connectivity index (χ2v) is 6.34. The molecule has 10 nitrogen and oxygen atoms in total. The number of carbonyl (C=O) groups is 1. The molecule has 150 valence electrons. The van der Waals surface area contributed by atoms with Crippen LogP contribution in [0.4, 0.5) is 5.69 Å². The molecule has 5 N–H and O–H groups in total. The van der Waals surface area contributed by atoms with E-state index in [1.807, 2.05) is 6.92 Å². The van der Waals surface area contributed by atoms with Crippen LogP contribution in [0, 0.1) is 6.92 Å². The number of carbonyl (C=O) groups excluding carboxylic acids is 1. The maximum atomic E-state index is 11.3. The second-order valence-electron chi connectivity index (χ2n) is 4.91. The van der Waals surface area contributed by atoms with Gasteiger partial charge in [-0.05, 0) is 19.1 Å². The number of ether oxygens (including phenoxy) is 3. The fourth-order valence-electron chi connectivity index (χ4n) is 1.76. The van der Waals surface area contributed by atoms with Crippen molar-refractivity contribution in [3.63, 3.8) is 0 Å². The van der Waals surface area contributed by atoms with Crippen LogP contribution in [0.3, 0.4) is 0 Å². The summed E-state index contributed by atoms with van der Waals surface area (Å²) in [6, 6.07) is 7.38. The van der Waals surface area contributed by atoms with Gasteiger partial charge in [-0.3, -0.25) is 4.55 Å². The van der Waals surface area contributed by atoms with Crippen molar-refractivity contribution < 1.29 is 37.5 Å². The predicted octanol–water partition coefficient (Wildman–Crippen LogP) is 0.885. The van der Waals surface area contributed by atoms with E-state index in [9.17, 15) is 13.2 Å². The molecule has 0 saturated carbocycles. The summed E-state index contributed by atoms with van der Waals surface area (Å²) in [5.74, 6) is -0.192. The number of nitrogens with zero attached hydrogens (tertiary/aromatic N) is 1. The van der Waals surface area contributed by atoms with Crippen LogP contribution in [0.15, 0.2) is 35.2 Å². The van der Waals surface area contributed by atoms with E-state index in [4.69, 9.17) is 19.8 Å². The van der Waals surface area contributed by atoms with Crippen LogP contribution in [0.1, 0.15) is 15.9 Å². The fraction of sp³-hybridized carbons (Fsp3) is 0.250. The maximum Gasteiger partial charge on any atom is 0.340 e. The molecule has 1 aromatic heterocycles. The zero-order chi connectivity index (χ0) is 19.9. The Hall–Kier alpha value is -2.89. The summed E-state index contributed by atoms with van der Waals surface area (Å²) in [5.41, 5.74) is 6.90. The highest BCUT2D eigenvalue weighted by atomic mass is 32.2. The van der Waals surface area contributed by atoms with E-state index in [1.54, 1.807) is 12.1 Å². The van der Waals surface area contributed by atoms with Crippen molar-refractivity contribution in [2.75, 3.05) is 27.1 Å². The molecule has 27 heavy (non-hydrogen) atoms. The third kappa shape index (κ3) is 6.73. The first-order valence-electron chi connectivity index (χ1n) is 7.15. The van der Waals surface area contributed by atoms with E-state index in [0.717, 1.165) is 5.56 Å². The number of aryl methyl sites for hydroxylation is 1. The lowest BCUT2D eigenvalue weighted by Crippen LogP contribution is -2.09. The molecule has 1 aromatic carbocycles. The van der Waals surface area contributed by atoms with Crippen molar-refractivity contribution in [2.24, 2.45) is 0 Å². The molecule has 2 rings (SSSR count). The number of benzene rings is 1. The van der Waals surface area contributed by atoms with E-state index in [-0.39, 0.29) is 33.4 Å². The summed E-state index contributed by atoms with van der Waals surface area (Å²) < 4.78 is 43.9. The first-order valence-corrected chi connectivity index (χ1v) is 8.59. The summed E-state index contributed by atoms with van der Waals surface area (Å²) in [4.78, 5) is 15.2. The molecule has 0 aliphatic rings. The molecule has 0 unspecified atom stereocenters. The van der Waals surface area contributed by atoms with Crippen LogP contribution in [0.5, 0.6) is 11.8 Å². The number of aromatic nitrogens is 1. The minimum absolute atomic E-state index is 0. The minimum atomic E-state index is -4.02. The highest BCUT2D eigenvalue weighted by molar-refractivity contribution is 7.85. The lowest BCUT2D eigenvalue weighted by Gasteiger charge is -2.09. The maximum absolute atomic E-state index is 11.3. The molecular weight excluding hydrogens is 380 g/mol. The minimum Gasteiger partial charge on any atom is -0.481 e. The van der Waals surface area contributed by atoms with Crippen molar-refractivity contribution >= 4 is 21.8 Å². The number of anilines is 1. The van der Waals surface area contributed by atoms with E-state index in [1.165, 1.54) is 39.5 Å². The van der Waals surface area contributed by atoms with Crippen molar-refractivity contribution in [1.82, 2.24) is 4.98 Å². The van der Waals surface area contributed by atoms with Gasteiger partial charge < -0.3 is 25.4 Å². The van der Waals surface area contributed by atoms with Gasteiger partial charge in [-0.1, -0.05) is 17.7 Å². The largest absolute Gasteiger partial charge is 0.481 e. The summed E-state index contributed by atoms with van der Waals surface area (Å²) >= 11 is 0. The first kappa shape index (κ1) is 24.1. The van der Waals surface area contributed by atoms with Crippen LogP contribution < -0.4 is 15.2 Å². The highest BCUT2D eigenvalue weighted by Gasteiger charge is 2.17. The van der Waals surface area contributed by atoms with Gasteiger partial charge in [-0.2, -0.15) is 13.4 Å². The van der Waals surface area contributed by atoms with E-state index >= 15 is 0 Å². The number of rotatable bonds is 4. The predicted molar refractivity (Wildman–Crippen MR) is 97.7 cm³/mol. The van der Waals surface area contributed by atoms with Crippen LogP contribution in [0.25, 0.3) is 0 Å².